The molecular formula is C31H28Cl2F3N3O4. The molecule has 1 amide bonds. The lowest BCUT2D eigenvalue weighted by molar-refractivity contribution is -0.118. The largest absolute Gasteiger partial charge is 0.497 e. The lowest BCUT2D eigenvalue weighted by Gasteiger charge is -2.37. The molecule has 0 bridgehead atoms. The average molecular weight is 634 g/mol. The standard InChI is InChI=1S/C31H28Cl2F3N3O4/c1-30(2,3)13-23-31(14-37,19-9-8-15(32)10-21(19)34)24(17-6-5-7-20(33)25(17)35)27(39-23)28(40)38-22-12-16(43-4)11-18(26(22)36)29(41)42/h5-12,23-24,27,39H,13H2,1-4H3,(H,38,40)(H,41,42)/t23-,24-,27+,31-/m0/s1. The quantitative estimate of drug-likeness (QED) is 0.256. The molecule has 0 spiro atoms. The Kier molecular flexibility index (Phi) is 9.03. The van der Waals surface area contributed by atoms with E-state index in [9.17, 15) is 20.0 Å². The van der Waals surface area contributed by atoms with Gasteiger partial charge in [0.15, 0.2) is 5.82 Å². The van der Waals surface area contributed by atoms with Crippen LogP contribution in [-0.4, -0.2) is 36.2 Å². The van der Waals surface area contributed by atoms with Crippen LogP contribution in [-0.2, 0) is 10.2 Å². The number of amides is 1. The third-order valence-electron chi connectivity index (χ3n) is 7.50. The van der Waals surface area contributed by atoms with Crippen LogP contribution < -0.4 is 15.4 Å². The first-order valence-corrected chi connectivity index (χ1v) is 13.9. The molecular weight excluding hydrogens is 606 g/mol. The van der Waals surface area contributed by atoms with Gasteiger partial charge in [0.05, 0.1) is 29.9 Å². The molecule has 7 nitrogen and oxygen atoms in total. The molecule has 226 valence electrons. The van der Waals surface area contributed by atoms with Crippen molar-refractivity contribution in [3.8, 4) is 11.8 Å². The Morgan fingerprint density at radius 3 is 2.40 bits per heavy atom. The number of nitrogens with zero attached hydrogens (tertiary/aromatic N) is 1. The molecule has 1 aliphatic rings. The fraction of sp³-hybridized carbons (Fsp3) is 0.323. The minimum atomic E-state index is -1.89. The van der Waals surface area contributed by atoms with Crippen molar-refractivity contribution in [2.24, 2.45) is 5.41 Å². The highest BCUT2D eigenvalue weighted by Crippen LogP contribution is 2.53. The van der Waals surface area contributed by atoms with Gasteiger partial charge in [-0.1, -0.05) is 62.2 Å². The van der Waals surface area contributed by atoms with Gasteiger partial charge in [-0.15, -0.1) is 0 Å². The van der Waals surface area contributed by atoms with Crippen molar-refractivity contribution in [3.63, 3.8) is 0 Å². The van der Waals surface area contributed by atoms with Gasteiger partial charge in [-0.05, 0) is 41.7 Å². The molecule has 4 atom stereocenters. The summed E-state index contributed by atoms with van der Waals surface area (Å²) in [6.45, 7) is 5.66. The van der Waals surface area contributed by atoms with Crippen LogP contribution in [0.25, 0.3) is 0 Å². The summed E-state index contributed by atoms with van der Waals surface area (Å²) in [5.41, 5.74) is -3.92. The van der Waals surface area contributed by atoms with Crippen LogP contribution in [0, 0.1) is 34.2 Å². The number of nitrogens with one attached hydrogen (secondary N) is 2. The smallest absolute Gasteiger partial charge is 0.338 e. The zero-order valence-corrected chi connectivity index (χ0v) is 25.1. The molecule has 0 aliphatic carbocycles. The number of nitriles is 1. The zero-order chi connectivity index (χ0) is 31.9. The second-order valence-electron chi connectivity index (χ2n) is 11.5. The second kappa shape index (κ2) is 12.1. The van der Waals surface area contributed by atoms with Gasteiger partial charge in [-0.2, -0.15) is 5.26 Å². The van der Waals surface area contributed by atoms with Gasteiger partial charge in [0, 0.05) is 28.6 Å². The van der Waals surface area contributed by atoms with Gasteiger partial charge in [-0.3, -0.25) is 4.79 Å². The third-order valence-corrected chi connectivity index (χ3v) is 8.03. The van der Waals surface area contributed by atoms with Crippen LogP contribution in [0.5, 0.6) is 5.75 Å². The highest BCUT2D eigenvalue weighted by Gasteiger charge is 2.61. The molecule has 0 aromatic heterocycles. The summed E-state index contributed by atoms with van der Waals surface area (Å²) in [4.78, 5) is 25.7. The predicted molar refractivity (Wildman–Crippen MR) is 156 cm³/mol. The van der Waals surface area contributed by atoms with Crippen molar-refractivity contribution in [3.05, 3.63) is 92.7 Å². The lowest BCUT2D eigenvalue weighted by atomic mass is 9.62. The predicted octanol–water partition coefficient (Wildman–Crippen LogP) is 7.08. The van der Waals surface area contributed by atoms with Gasteiger partial charge in [0.2, 0.25) is 5.91 Å². The number of halogens is 5. The van der Waals surface area contributed by atoms with E-state index in [-0.39, 0.29) is 33.3 Å². The van der Waals surface area contributed by atoms with E-state index in [4.69, 9.17) is 27.9 Å². The summed E-state index contributed by atoms with van der Waals surface area (Å²) >= 11 is 12.2. The Balaban J connectivity index is 1.97. The molecule has 1 saturated heterocycles. The van der Waals surface area contributed by atoms with Crippen LogP contribution in [0.2, 0.25) is 10.0 Å². The molecule has 43 heavy (non-hydrogen) atoms. The van der Waals surface area contributed by atoms with Gasteiger partial charge in [-0.25, -0.2) is 18.0 Å². The van der Waals surface area contributed by atoms with Gasteiger partial charge in [0.25, 0.3) is 0 Å². The van der Waals surface area contributed by atoms with E-state index in [1.807, 2.05) is 20.8 Å². The Hall–Kier alpha value is -3.78. The fourth-order valence-corrected chi connectivity index (χ4v) is 6.07. The van der Waals surface area contributed by atoms with Crippen LogP contribution in [0.1, 0.15) is 54.6 Å². The molecule has 1 aliphatic heterocycles. The summed E-state index contributed by atoms with van der Waals surface area (Å²) in [6, 6.07) is 9.71. The number of carboxylic acid groups (broad SMARTS) is 1. The van der Waals surface area contributed by atoms with Crippen LogP contribution in [0.15, 0.2) is 48.5 Å². The number of carboxylic acids is 1. The maximum Gasteiger partial charge on any atom is 0.338 e. The van der Waals surface area contributed by atoms with Crippen LogP contribution in [0.3, 0.4) is 0 Å². The Morgan fingerprint density at radius 2 is 1.81 bits per heavy atom. The Morgan fingerprint density at radius 1 is 1.12 bits per heavy atom. The minimum Gasteiger partial charge on any atom is -0.497 e. The van der Waals surface area contributed by atoms with E-state index < -0.39 is 69.4 Å². The van der Waals surface area contributed by atoms with E-state index >= 15 is 13.2 Å². The molecule has 12 heteroatoms. The third kappa shape index (κ3) is 6.03. The number of anilines is 1. The fourth-order valence-electron chi connectivity index (χ4n) is 5.73. The number of carbonyl (C=O) groups is 2. The maximum absolute atomic E-state index is 15.8. The first kappa shape index (κ1) is 32.1. The monoisotopic (exact) mass is 633 g/mol. The van der Waals surface area contributed by atoms with E-state index in [1.165, 1.54) is 37.4 Å². The molecule has 0 saturated carbocycles. The minimum absolute atomic E-state index is 0.0499. The normalized spacial score (nSPS) is 21.7. The highest BCUT2D eigenvalue weighted by molar-refractivity contribution is 6.31. The van der Waals surface area contributed by atoms with Crippen molar-refractivity contribution in [1.82, 2.24) is 5.32 Å². The lowest BCUT2D eigenvalue weighted by Crippen LogP contribution is -2.45. The van der Waals surface area contributed by atoms with E-state index in [1.54, 1.807) is 0 Å². The zero-order valence-electron chi connectivity index (χ0n) is 23.6. The number of rotatable bonds is 7. The van der Waals surface area contributed by atoms with Crippen molar-refractivity contribution in [2.75, 3.05) is 12.4 Å². The summed E-state index contributed by atoms with van der Waals surface area (Å²) in [7, 11) is 1.24. The summed E-state index contributed by atoms with van der Waals surface area (Å²) in [5, 5.41) is 25.6. The number of benzene rings is 3. The summed E-state index contributed by atoms with van der Waals surface area (Å²) in [6.07, 6.45) is 0.224. The van der Waals surface area contributed by atoms with Gasteiger partial charge < -0.3 is 20.5 Å². The molecule has 3 N–H and O–H groups in total. The number of hydrogen-bond acceptors (Lipinski definition) is 5. The maximum atomic E-state index is 15.8. The first-order chi connectivity index (χ1) is 20.1. The number of ether oxygens (including phenoxy) is 1. The SMILES string of the molecule is COc1cc(NC(=O)[C@@H]2N[C@@H](CC(C)(C)C)[C@](C#N)(c3ccc(Cl)cc3F)[C@H]2c2cccc(Cl)c2F)c(F)c(C(=O)O)c1. The van der Waals surface area contributed by atoms with Crippen molar-refractivity contribution in [2.45, 2.75) is 50.6 Å². The van der Waals surface area contributed by atoms with Gasteiger partial charge >= 0.3 is 5.97 Å². The number of methoxy groups -OCH3 is 1. The summed E-state index contributed by atoms with van der Waals surface area (Å²) < 4.78 is 51.8. The molecule has 0 radical (unpaired) electrons. The van der Waals surface area contributed by atoms with Gasteiger partial charge in [0.1, 0.15) is 28.4 Å². The molecule has 1 heterocycles. The average Bonchev–Trinajstić information content (AvgIpc) is 3.24. The molecule has 3 aromatic carbocycles. The summed E-state index contributed by atoms with van der Waals surface area (Å²) in [5.74, 6) is -6.98. The number of aromatic carboxylic acids is 1. The van der Waals surface area contributed by atoms with Crippen molar-refractivity contribution < 1.29 is 32.6 Å². The number of carbonyl (C=O) groups excluding carboxylic acids is 1. The Labute approximate surface area is 256 Å². The topological polar surface area (TPSA) is 111 Å². The first-order valence-electron chi connectivity index (χ1n) is 13.1. The Bertz CT molecular complexity index is 1640. The van der Waals surface area contributed by atoms with Crippen molar-refractivity contribution in [1.29, 1.82) is 5.26 Å². The molecule has 0 unspecified atom stereocenters. The van der Waals surface area contributed by atoms with Crippen LogP contribution >= 0.6 is 23.2 Å². The highest BCUT2D eigenvalue weighted by atomic mass is 35.5. The molecule has 4 rings (SSSR count). The number of hydrogen-bond donors (Lipinski definition) is 3. The molecule has 1 fully saturated rings. The van der Waals surface area contributed by atoms with Crippen molar-refractivity contribution >= 4 is 40.8 Å². The molecule has 3 aromatic rings. The van der Waals surface area contributed by atoms with E-state index in [0.717, 1.165) is 18.2 Å². The van der Waals surface area contributed by atoms with Crippen LogP contribution in [0.4, 0.5) is 18.9 Å². The van der Waals surface area contributed by atoms with E-state index in [0.29, 0.717) is 0 Å². The van der Waals surface area contributed by atoms with E-state index in [2.05, 4.69) is 16.7 Å². The second-order valence-corrected chi connectivity index (χ2v) is 12.4.